The number of likely N-dealkylation sites (N-methyl/N-ethyl adjacent to an activating group) is 1. The van der Waals surface area contributed by atoms with E-state index in [1.54, 1.807) is 29.5 Å². The average molecular weight is 364 g/mol. The molecule has 1 aromatic carbocycles. The van der Waals surface area contributed by atoms with Crippen molar-refractivity contribution in [1.82, 2.24) is 5.32 Å². The molecule has 0 unspecified atom stereocenters. The number of hydrogen-bond donors (Lipinski definition) is 2. The molecule has 2 aromatic rings. The summed E-state index contributed by atoms with van der Waals surface area (Å²) >= 11 is 1.71. The molecule has 2 rings (SSSR count). The molecule has 1 atom stereocenters. The van der Waals surface area contributed by atoms with Crippen LogP contribution in [0.2, 0.25) is 0 Å². The highest BCUT2D eigenvalue weighted by Crippen LogP contribution is 2.28. The van der Waals surface area contributed by atoms with Crippen molar-refractivity contribution in [2.75, 3.05) is 33.9 Å². The molecule has 136 valence electrons. The van der Waals surface area contributed by atoms with Crippen molar-refractivity contribution in [2.24, 2.45) is 0 Å². The Balaban J connectivity index is 2.08. The molecule has 1 aromatic heterocycles. The van der Waals surface area contributed by atoms with Gasteiger partial charge < -0.3 is 19.7 Å². The van der Waals surface area contributed by atoms with Crippen LogP contribution < -0.4 is 19.7 Å². The van der Waals surface area contributed by atoms with Crippen LogP contribution in [-0.2, 0) is 0 Å². The van der Waals surface area contributed by atoms with Gasteiger partial charge in [0.2, 0.25) is 0 Å². The van der Waals surface area contributed by atoms with Gasteiger partial charge in [0.1, 0.15) is 6.04 Å². The number of quaternary nitrogens is 1. The molecule has 0 saturated heterocycles. The topological polar surface area (TPSA) is 52.0 Å². The SMILES string of the molecule is CCOc1ccc(C(=O)NC[C@H](c2cccs2)[NH+](C)C)cc1OCC. The first-order valence-electron chi connectivity index (χ1n) is 8.58. The number of rotatable bonds is 9. The van der Waals surface area contributed by atoms with Gasteiger partial charge in [0.05, 0.1) is 38.7 Å². The summed E-state index contributed by atoms with van der Waals surface area (Å²) in [5.74, 6) is 1.16. The molecule has 6 heteroatoms. The fourth-order valence-corrected chi connectivity index (χ4v) is 3.52. The van der Waals surface area contributed by atoms with E-state index in [1.165, 1.54) is 9.78 Å². The first-order valence-corrected chi connectivity index (χ1v) is 9.46. The maximum Gasteiger partial charge on any atom is 0.251 e. The van der Waals surface area contributed by atoms with E-state index in [-0.39, 0.29) is 11.9 Å². The third-order valence-corrected chi connectivity index (χ3v) is 4.84. The van der Waals surface area contributed by atoms with Crippen molar-refractivity contribution >= 4 is 17.2 Å². The Kier molecular flexibility index (Phi) is 7.28. The Morgan fingerprint density at radius 2 is 1.88 bits per heavy atom. The molecule has 0 fully saturated rings. The van der Waals surface area contributed by atoms with Gasteiger partial charge in [0.15, 0.2) is 11.5 Å². The Hall–Kier alpha value is -2.05. The number of carbonyl (C=O) groups excluding carboxylic acids is 1. The van der Waals surface area contributed by atoms with E-state index in [0.29, 0.717) is 36.8 Å². The largest absolute Gasteiger partial charge is 0.490 e. The van der Waals surface area contributed by atoms with Gasteiger partial charge in [-0.05, 0) is 43.5 Å². The smallest absolute Gasteiger partial charge is 0.251 e. The first-order chi connectivity index (χ1) is 12.1. The van der Waals surface area contributed by atoms with Gasteiger partial charge >= 0.3 is 0 Å². The third-order valence-electron chi connectivity index (χ3n) is 3.86. The second-order valence-corrected chi connectivity index (χ2v) is 6.86. The zero-order valence-electron chi connectivity index (χ0n) is 15.3. The normalized spacial score (nSPS) is 12.0. The minimum atomic E-state index is -0.105. The molecular weight excluding hydrogens is 336 g/mol. The fraction of sp³-hybridized carbons (Fsp3) is 0.421. The van der Waals surface area contributed by atoms with E-state index < -0.39 is 0 Å². The quantitative estimate of drug-likeness (QED) is 0.718. The predicted octanol–water partition coefficient (Wildman–Crippen LogP) is 2.16. The second kappa shape index (κ2) is 9.44. The number of hydrogen-bond acceptors (Lipinski definition) is 4. The van der Waals surface area contributed by atoms with Gasteiger partial charge in [-0.3, -0.25) is 4.79 Å². The number of nitrogens with one attached hydrogen (secondary N) is 2. The Labute approximate surface area is 153 Å². The molecule has 5 nitrogen and oxygen atoms in total. The summed E-state index contributed by atoms with van der Waals surface area (Å²) in [4.78, 5) is 15.1. The lowest BCUT2D eigenvalue weighted by molar-refractivity contribution is -0.890. The zero-order chi connectivity index (χ0) is 18.2. The van der Waals surface area contributed by atoms with Crippen molar-refractivity contribution in [3.05, 3.63) is 46.2 Å². The van der Waals surface area contributed by atoms with Crippen molar-refractivity contribution in [2.45, 2.75) is 19.9 Å². The van der Waals surface area contributed by atoms with Gasteiger partial charge in [-0.2, -0.15) is 0 Å². The molecule has 1 amide bonds. The molecule has 0 saturated carbocycles. The van der Waals surface area contributed by atoms with Gasteiger partial charge in [0.25, 0.3) is 5.91 Å². The summed E-state index contributed by atoms with van der Waals surface area (Å²) in [6, 6.07) is 9.69. The fourth-order valence-electron chi connectivity index (χ4n) is 2.57. The highest BCUT2D eigenvalue weighted by atomic mass is 32.1. The van der Waals surface area contributed by atoms with Gasteiger partial charge in [-0.15, -0.1) is 11.3 Å². The van der Waals surface area contributed by atoms with Crippen LogP contribution in [0.5, 0.6) is 11.5 Å². The maximum atomic E-state index is 12.6. The number of ether oxygens (including phenoxy) is 2. The summed E-state index contributed by atoms with van der Waals surface area (Å²) in [5, 5.41) is 5.10. The van der Waals surface area contributed by atoms with E-state index in [1.807, 2.05) is 19.9 Å². The van der Waals surface area contributed by atoms with Crippen molar-refractivity contribution in [3.63, 3.8) is 0 Å². The lowest BCUT2D eigenvalue weighted by Gasteiger charge is -2.21. The van der Waals surface area contributed by atoms with Crippen LogP contribution in [0.15, 0.2) is 35.7 Å². The summed E-state index contributed by atoms with van der Waals surface area (Å²) in [5.41, 5.74) is 0.575. The minimum Gasteiger partial charge on any atom is -0.490 e. The van der Waals surface area contributed by atoms with E-state index in [4.69, 9.17) is 9.47 Å². The van der Waals surface area contributed by atoms with Crippen LogP contribution in [0.1, 0.15) is 35.1 Å². The van der Waals surface area contributed by atoms with Crippen LogP contribution in [0, 0.1) is 0 Å². The van der Waals surface area contributed by atoms with E-state index in [2.05, 4.69) is 30.9 Å². The van der Waals surface area contributed by atoms with Crippen LogP contribution in [0.3, 0.4) is 0 Å². The molecule has 25 heavy (non-hydrogen) atoms. The average Bonchev–Trinajstić information content (AvgIpc) is 3.10. The summed E-state index contributed by atoms with van der Waals surface area (Å²) in [6.07, 6.45) is 0. The number of amides is 1. The van der Waals surface area contributed by atoms with Crippen molar-refractivity contribution in [3.8, 4) is 11.5 Å². The monoisotopic (exact) mass is 363 g/mol. The second-order valence-electron chi connectivity index (χ2n) is 5.88. The lowest BCUT2D eigenvalue weighted by Crippen LogP contribution is -3.06. The molecule has 0 aliphatic rings. The van der Waals surface area contributed by atoms with Gasteiger partial charge in [0, 0.05) is 5.56 Å². The third kappa shape index (κ3) is 5.21. The Morgan fingerprint density at radius 3 is 2.48 bits per heavy atom. The first kappa shape index (κ1) is 19.3. The highest BCUT2D eigenvalue weighted by Gasteiger charge is 2.20. The standard InChI is InChI=1S/C19H26N2O3S/c1-5-23-16-10-9-14(12-17(16)24-6-2)19(22)20-13-15(21(3)4)18-8-7-11-25-18/h7-12,15H,5-6,13H2,1-4H3,(H,20,22)/p+1/t15-/m1/s1. The summed E-state index contributed by atoms with van der Waals surface area (Å²) in [7, 11) is 4.20. The van der Waals surface area contributed by atoms with Crippen LogP contribution in [0.4, 0.5) is 0 Å². The van der Waals surface area contributed by atoms with Crippen molar-refractivity contribution < 1.29 is 19.2 Å². The molecule has 1 heterocycles. The zero-order valence-corrected chi connectivity index (χ0v) is 16.1. The van der Waals surface area contributed by atoms with Crippen LogP contribution >= 0.6 is 11.3 Å². The molecular formula is C19H27N2O3S+. The van der Waals surface area contributed by atoms with E-state index in [9.17, 15) is 4.79 Å². The summed E-state index contributed by atoms with van der Waals surface area (Å²) < 4.78 is 11.1. The molecule has 0 spiro atoms. The van der Waals surface area contributed by atoms with Crippen molar-refractivity contribution in [1.29, 1.82) is 0 Å². The van der Waals surface area contributed by atoms with Crippen LogP contribution in [0.25, 0.3) is 0 Å². The number of benzene rings is 1. The maximum absolute atomic E-state index is 12.6. The lowest BCUT2D eigenvalue weighted by atomic mass is 10.1. The number of thiophene rings is 1. The predicted molar refractivity (Wildman–Crippen MR) is 101 cm³/mol. The van der Waals surface area contributed by atoms with Gasteiger partial charge in [-0.25, -0.2) is 0 Å². The number of carbonyl (C=O) groups is 1. The Morgan fingerprint density at radius 1 is 1.16 bits per heavy atom. The summed E-state index contributed by atoms with van der Waals surface area (Å²) in [6.45, 7) is 5.49. The van der Waals surface area contributed by atoms with Crippen LogP contribution in [-0.4, -0.2) is 39.8 Å². The van der Waals surface area contributed by atoms with Gasteiger partial charge in [-0.1, -0.05) is 6.07 Å². The van der Waals surface area contributed by atoms with E-state index in [0.717, 1.165) is 0 Å². The molecule has 2 N–H and O–H groups in total. The molecule has 0 radical (unpaired) electrons. The van der Waals surface area contributed by atoms with E-state index >= 15 is 0 Å². The molecule has 0 bridgehead atoms. The minimum absolute atomic E-state index is 0.105. The molecule has 0 aliphatic carbocycles. The molecule has 0 aliphatic heterocycles. The Bertz CT molecular complexity index is 671. The highest BCUT2D eigenvalue weighted by molar-refractivity contribution is 7.10.